The molecule has 1 fully saturated rings. The van der Waals surface area contributed by atoms with E-state index in [2.05, 4.69) is 5.32 Å². The van der Waals surface area contributed by atoms with Crippen molar-refractivity contribution in [3.05, 3.63) is 58.1 Å². The molecule has 0 heterocycles. The number of nitro benzene ring substituents is 1. The summed E-state index contributed by atoms with van der Waals surface area (Å²) < 4.78 is 16.7. The fraction of sp³-hybridized carbons (Fsp3) is 0.435. The Labute approximate surface area is 181 Å². The number of carbonyl (C=O) groups is 1. The molecule has 8 nitrogen and oxygen atoms in total. The SMILES string of the molecule is COc1ccccc1-c1cc(CO[C@@H]2CC[C@H]2NC(=O)OC(C)(C)C)cc([N+](=O)[O-])c1. The van der Waals surface area contributed by atoms with Crippen molar-refractivity contribution in [2.45, 2.75) is 58.0 Å². The van der Waals surface area contributed by atoms with Gasteiger partial charge in [-0.05, 0) is 56.9 Å². The first-order valence-corrected chi connectivity index (χ1v) is 10.2. The Morgan fingerprint density at radius 3 is 2.55 bits per heavy atom. The van der Waals surface area contributed by atoms with Crippen LogP contribution in [0.15, 0.2) is 42.5 Å². The number of non-ortho nitro benzene ring substituents is 1. The van der Waals surface area contributed by atoms with Crippen molar-refractivity contribution in [2.75, 3.05) is 7.11 Å². The third kappa shape index (κ3) is 5.95. The smallest absolute Gasteiger partial charge is 0.407 e. The van der Waals surface area contributed by atoms with Gasteiger partial charge in [-0.1, -0.05) is 18.2 Å². The minimum Gasteiger partial charge on any atom is -0.496 e. The number of hydrogen-bond acceptors (Lipinski definition) is 6. The van der Waals surface area contributed by atoms with Crippen molar-refractivity contribution in [3.8, 4) is 16.9 Å². The van der Waals surface area contributed by atoms with E-state index in [1.807, 2.05) is 51.1 Å². The van der Waals surface area contributed by atoms with E-state index in [4.69, 9.17) is 14.2 Å². The second-order valence-electron chi connectivity index (χ2n) is 8.53. The Kier molecular flexibility index (Phi) is 6.80. The number of para-hydroxylation sites is 1. The molecule has 0 unspecified atom stereocenters. The van der Waals surface area contributed by atoms with E-state index in [0.29, 0.717) is 16.9 Å². The third-order valence-corrected chi connectivity index (χ3v) is 4.98. The number of amides is 1. The molecular weight excluding hydrogens is 400 g/mol. The lowest BCUT2D eigenvalue weighted by Crippen LogP contribution is -2.52. The highest BCUT2D eigenvalue weighted by atomic mass is 16.6. The van der Waals surface area contributed by atoms with Crippen molar-refractivity contribution in [3.63, 3.8) is 0 Å². The molecule has 0 aromatic heterocycles. The molecule has 2 aromatic rings. The topological polar surface area (TPSA) is 99.9 Å². The van der Waals surface area contributed by atoms with E-state index in [1.165, 1.54) is 12.1 Å². The van der Waals surface area contributed by atoms with Gasteiger partial charge < -0.3 is 19.5 Å². The number of alkyl carbamates (subject to hydrolysis) is 1. The van der Waals surface area contributed by atoms with E-state index < -0.39 is 16.6 Å². The monoisotopic (exact) mass is 428 g/mol. The molecule has 0 aliphatic heterocycles. The van der Waals surface area contributed by atoms with Crippen molar-refractivity contribution < 1.29 is 23.9 Å². The van der Waals surface area contributed by atoms with Gasteiger partial charge in [0.2, 0.25) is 0 Å². The van der Waals surface area contributed by atoms with Crippen LogP contribution in [0.2, 0.25) is 0 Å². The predicted molar refractivity (Wildman–Crippen MR) is 116 cm³/mol. The molecule has 1 aliphatic carbocycles. The molecule has 166 valence electrons. The minimum atomic E-state index is -0.567. The number of hydrogen-bond donors (Lipinski definition) is 1. The molecule has 1 saturated carbocycles. The van der Waals surface area contributed by atoms with Gasteiger partial charge >= 0.3 is 6.09 Å². The molecule has 0 radical (unpaired) electrons. The average Bonchev–Trinajstić information content (AvgIpc) is 2.69. The number of rotatable bonds is 7. The van der Waals surface area contributed by atoms with Crippen molar-refractivity contribution in [1.82, 2.24) is 5.32 Å². The predicted octanol–water partition coefficient (Wildman–Crippen LogP) is 4.84. The lowest BCUT2D eigenvalue weighted by Gasteiger charge is -2.37. The zero-order chi connectivity index (χ0) is 22.6. The third-order valence-electron chi connectivity index (χ3n) is 4.98. The van der Waals surface area contributed by atoms with Crippen LogP contribution in [0.3, 0.4) is 0 Å². The van der Waals surface area contributed by atoms with Gasteiger partial charge in [0.1, 0.15) is 11.4 Å². The van der Waals surface area contributed by atoms with E-state index in [9.17, 15) is 14.9 Å². The van der Waals surface area contributed by atoms with Crippen molar-refractivity contribution in [1.29, 1.82) is 0 Å². The molecule has 1 amide bonds. The standard InChI is InChI=1S/C23H28N2O6/c1-23(2,3)31-22(26)24-19-9-10-21(19)30-14-15-11-16(13-17(12-15)25(27)28)18-7-5-6-8-20(18)29-4/h5-8,11-13,19,21H,9-10,14H2,1-4H3,(H,24,26)/t19-,21-/m1/s1. The van der Waals surface area contributed by atoms with E-state index in [1.54, 1.807) is 7.11 Å². The molecule has 8 heteroatoms. The van der Waals surface area contributed by atoms with E-state index in [-0.39, 0.29) is 24.4 Å². The van der Waals surface area contributed by atoms with E-state index >= 15 is 0 Å². The Hall–Kier alpha value is -3.13. The summed E-state index contributed by atoms with van der Waals surface area (Å²) in [5.41, 5.74) is 1.55. The first-order chi connectivity index (χ1) is 14.7. The zero-order valence-electron chi connectivity index (χ0n) is 18.2. The summed E-state index contributed by atoms with van der Waals surface area (Å²) in [4.78, 5) is 23.0. The quantitative estimate of drug-likeness (QED) is 0.500. The first-order valence-electron chi connectivity index (χ1n) is 10.2. The number of ether oxygens (including phenoxy) is 3. The van der Waals surface area contributed by atoms with Crippen LogP contribution < -0.4 is 10.1 Å². The molecule has 0 saturated heterocycles. The largest absolute Gasteiger partial charge is 0.496 e. The Balaban J connectivity index is 1.71. The van der Waals surface area contributed by atoms with Gasteiger partial charge in [0.15, 0.2) is 0 Å². The molecular formula is C23H28N2O6. The number of methoxy groups -OCH3 is 1. The Morgan fingerprint density at radius 1 is 1.19 bits per heavy atom. The van der Waals surface area contributed by atoms with Crippen molar-refractivity contribution in [2.24, 2.45) is 0 Å². The van der Waals surface area contributed by atoms with Gasteiger partial charge in [0, 0.05) is 17.7 Å². The van der Waals surface area contributed by atoms with Crippen molar-refractivity contribution >= 4 is 11.8 Å². The normalized spacial score (nSPS) is 18.1. The summed E-state index contributed by atoms with van der Waals surface area (Å²) in [6, 6.07) is 12.1. The van der Waals surface area contributed by atoms with Gasteiger partial charge in [0.25, 0.3) is 5.69 Å². The first kappa shape index (κ1) is 22.6. The molecule has 2 atom stereocenters. The molecule has 31 heavy (non-hydrogen) atoms. The van der Waals surface area contributed by atoms with Gasteiger partial charge in [-0.2, -0.15) is 0 Å². The van der Waals surface area contributed by atoms with Crippen LogP contribution >= 0.6 is 0 Å². The van der Waals surface area contributed by atoms with Crippen LogP contribution in [-0.2, 0) is 16.1 Å². The van der Waals surface area contributed by atoms with Gasteiger partial charge in [0.05, 0.1) is 30.8 Å². The maximum atomic E-state index is 12.0. The number of carbonyl (C=O) groups excluding carboxylic acids is 1. The summed E-state index contributed by atoms with van der Waals surface area (Å²) in [6.45, 7) is 5.62. The maximum Gasteiger partial charge on any atom is 0.407 e. The number of nitrogens with zero attached hydrogens (tertiary/aromatic N) is 1. The number of benzene rings is 2. The second kappa shape index (κ2) is 9.34. The van der Waals surface area contributed by atoms with Crippen LogP contribution in [0.1, 0.15) is 39.2 Å². The van der Waals surface area contributed by atoms with Crippen LogP contribution in [-0.4, -0.2) is 35.9 Å². The summed E-state index contributed by atoms with van der Waals surface area (Å²) in [5, 5.41) is 14.3. The van der Waals surface area contributed by atoms with E-state index in [0.717, 1.165) is 18.4 Å². The Bertz CT molecular complexity index is 953. The number of nitrogens with one attached hydrogen (secondary N) is 1. The zero-order valence-corrected chi connectivity index (χ0v) is 18.2. The van der Waals surface area contributed by atoms with Crippen LogP contribution in [0.4, 0.5) is 10.5 Å². The van der Waals surface area contributed by atoms with Gasteiger partial charge in [-0.25, -0.2) is 4.79 Å². The minimum absolute atomic E-state index is 0.0148. The lowest BCUT2D eigenvalue weighted by atomic mass is 9.89. The molecule has 1 N–H and O–H groups in total. The highest BCUT2D eigenvalue weighted by Crippen LogP contribution is 2.33. The highest BCUT2D eigenvalue weighted by Gasteiger charge is 2.34. The van der Waals surface area contributed by atoms with Gasteiger partial charge in [-0.3, -0.25) is 10.1 Å². The highest BCUT2D eigenvalue weighted by molar-refractivity contribution is 5.73. The second-order valence-corrected chi connectivity index (χ2v) is 8.53. The van der Waals surface area contributed by atoms with Gasteiger partial charge in [-0.15, -0.1) is 0 Å². The molecule has 0 spiro atoms. The maximum absolute atomic E-state index is 12.0. The van der Waals surface area contributed by atoms with Crippen LogP contribution in [0.25, 0.3) is 11.1 Å². The average molecular weight is 428 g/mol. The summed E-state index contributed by atoms with van der Waals surface area (Å²) in [7, 11) is 1.56. The lowest BCUT2D eigenvalue weighted by molar-refractivity contribution is -0.384. The fourth-order valence-corrected chi connectivity index (χ4v) is 3.40. The molecule has 0 bridgehead atoms. The fourth-order valence-electron chi connectivity index (χ4n) is 3.40. The molecule has 2 aromatic carbocycles. The number of nitro groups is 1. The van der Waals surface area contributed by atoms with Crippen LogP contribution in [0, 0.1) is 10.1 Å². The summed E-state index contributed by atoms with van der Waals surface area (Å²) in [5.74, 6) is 0.635. The summed E-state index contributed by atoms with van der Waals surface area (Å²) in [6.07, 6.45) is 0.959. The van der Waals surface area contributed by atoms with Crippen LogP contribution in [0.5, 0.6) is 5.75 Å². The summed E-state index contributed by atoms with van der Waals surface area (Å²) >= 11 is 0. The molecule has 1 aliphatic rings. The molecule has 3 rings (SSSR count). The Morgan fingerprint density at radius 2 is 1.94 bits per heavy atom.